The molecule has 2 aromatic carbocycles. The van der Waals surface area contributed by atoms with Crippen LogP contribution in [0, 0.1) is 6.92 Å². The third kappa shape index (κ3) is 6.08. The molecule has 0 aliphatic carbocycles. The summed E-state index contributed by atoms with van der Waals surface area (Å²) in [5.41, 5.74) is 2.99. The first-order valence-corrected chi connectivity index (χ1v) is 12.0. The van der Waals surface area contributed by atoms with Crippen LogP contribution in [0.3, 0.4) is 0 Å². The summed E-state index contributed by atoms with van der Waals surface area (Å²) in [6.45, 7) is 5.61. The van der Waals surface area contributed by atoms with E-state index in [-0.39, 0.29) is 12.3 Å². The van der Waals surface area contributed by atoms with Crippen LogP contribution in [0.1, 0.15) is 53.4 Å². The number of hydrogen-bond acceptors (Lipinski definition) is 4. The van der Waals surface area contributed by atoms with Gasteiger partial charge < -0.3 is 10.0 Å². The van der Waals surface area contributed by atoms with Crippen molar-refractivity contribution in [2.75, 3.05) is 11.9 Å². The van der Waals surface area contributed by atoms with E-state index in [4.69, 9.17) is 5.11 Å². The molecule has 0 spiro atoms. The molecule has 1 unspecified atom stereocenters. The number of hydrogen-bond donors (Lipinski definition) is 1. The number of anilines is 1. The topological polar surface area (TPSA) is 70.5 Å². The van der Waals surface area contributed by atoms with Crippen LogP contribution in [0.4, 0.5) is 18.9 Å². The predicted molar refractivity (Wildman–Crippen MR) is 131 cm³/mol. The molecule has 0 aliphatic rings. The molecule has 3 aromatic rings. The van der Waals surface area contributed by atoms with Gasteiger partial charge in [-0.25, -0.2) is 4.98 Å². The SMILES string of the molecule is CCc1sc(-c2ccc(C(F)(F)F)cc2)nc1C(C)C(=O)N(C)c1ccc(CCC(=O)O)c(C)c1. The summed E-state index contributed by atoms with van der Waals surface area (Å²) in [4.78, 5) is 31.3. The number of alkyl halides is 3. The van der Waals surface area contributed by atoms with E-state index >= 15 is 0 Å². The maximum atomic E-state index is 13.3. The molecule has 0 fully saturated rings. The van der Waals surface area contributed by atoms with Crippen LogP contribution in [-0.2, 0) is 28.6 Å². The summed E-state index contributed by atoms with van der Waals surface area (Å²) in [7, 11) is 1.68. The largest absolute Gasteiger partial charge is 0.481 e. The van der Waals surface area contributed by atoms with Crippen LogP contribution < -0.4 is 4.90 Å². The summed E-state index contributed by atoms with van der Waals surface area (Å²) in [6.07, 6.45) is -3.30. The van der Waals surface area contributed by atoms with Gasteiger partial charge in [-0.15, -0.1) is 11.3 Å². The zero-order valence-corrected chi connectivity index (χ0v) is 20.8. The van der Waals surface area contributed by atoms with Gasteiger partial charge in [0.15, 0.2) is 0 Å². The van der Waals surface area contributed by atoms with Gasteiger partial charge in [0.2, 0.25) is 5.91 Å². The lowest BCUT2D eigenvalue weighted by molar-refractivity contribution is -0.138. The Morgan fingerprint density at radius 3 is 2.34 bits per heavy atom. The fourth-order valence-electron chi connectivity index (χ4n) is 3.83. The van der Waals surface area contributed by atoms with E-state index in [0.29, 0.717) is 34.8 Å². The van der Waals surface area contributed by atoms with Gasteiger partial charge in [0.1, 0.15) is 5.01 Å². The van der Waals surface area contributed by atoms with Crippen LogP contribution in [0.15, 0.2) is 42.5 Å². The Labute approximate surface area is 206 Å². The number of carboxylic acids is 1. The second-order valence-corrected chi connectivity index (χ2v) is 9.46. The van der Waals surface area contributed by atoms with E-state index in [1.807, 2.05) is 26.0 Å². The van der Waals surface area contributed by atoms with Crippen LogP contribution in [0.2, 0.25) is 0 Å². The van der Waals surface area contributed by atoms with E-state index < -0.39 is 23.6 Å². The molecule has 1 N–H and O–H groups in total. The Morgan fingerprint density at radius 1 is 1.14 bits per heavy atom. The van der Waals surface area contributed by atoms with Crippen LogP contribution >= 0.6 is 11.3 Å². The van der Waals surface area contributed by atoms with Gasteiger partial charge >= 0.3 is 12.1 Å². The summed E-state index contributed by atoms with van der Waals surface area (Å²) < 4.78 is 38.7. The Kier molecular flexibility index (Phi) is 8.00. The van der Waals surface area contributed by atoms with Crippen molar-refractivity contribution in [3.05, 3.63) is 69.7 Å². The normalized spacial score (nSPS) is 12.4. The van der Waals surface area contributed by atoms with Crippen LogP contribution in [0.25, 0.3) is 10.6 Å². The highest BCUT2D eigenvalue weighted by Crippen LogP contribution is 2.35. The fourth-order valence-corrected chi connectivity index (χ4v) is 4.93. The Bertz CT molecular complexity index is 1220. The van der Waals surface area contributed by atoms with Crippen molar-refractivity contribution < 1.29 is 27.9 Å². The number of carbonyl (C=O) groups excluding carboxylic acids is 1. The minimum Gasteiger partial charge on any atom is -0.481 e. The molecule has 3 rings (SSSR count). The highest BCUT2D eigenvalue weighted by molar-refractivity contribution is 7.15. The Morgan fingerprint density at radius 2 is 1.80 bits per heavy atom. The monoisotopic (exact) mass is 504 g/mol. The number of aryl methyl sites for hydroxylation is 3. The maximum Gasteiger partial charge on any atom is 0.416 e. The molecular formula is C26H27F3N2O3S. The number of carboxylic acid groups (broad SMARTS) is 1. The first-order chi connectivity index (χ1) is 16.4. The number of carbonyl (C=O) groups is 2. The van der Waals surface area contributed by atoms with Crippen molar-refractivity contribution in [1.82, 2.24) is 4.98 Å². The Balaban J connectivity index is 1.82. The van der Waals surface area contributed by atoms with Crippen molar-refractivity contribution in [3.8, 4) is 10.6 Å². The number of benzene rings is 2. The van der Waals surface area contributed by atoms with Crippen molar-refractivity contribution in [2.45, 2.75) is 52.1 Å². The van der Waals surface area contributed by atoms with Crippen molar-refractivity contribution in [1.29, 1.82) is 0 Å². The lowest BCUT2D eigenvalue weighted by atomic mass is 10.0. The number of aromatic nitrogens is 1. The van der Waals surface area contributed by atoms with E-state index in [1.165, 1.54) is 23.5 Å². The molecule has 0 saturated carbocycles. The molecule has 1 heterocycles. The fraction of sp³-hybridized carbons (Fsp3) is 0.346. The van der Waals surface area contributed by atoms with Gasteiger partial charge in [-0.3, -0.25) is 9.59 Å². The van der Waals surface area contributed by atoms with E-state index in [0.717, 1.165) is 28.1 Å². The average Bonchev–Trinajstić information content (AvgIpc) is 3.25. The lowest BCUT2D eigenvalue weighted by Crippen LogP contribution is -2.31. The van der Waals surface area contributed by atoms with Gasteiger partial charge in [0.25, 0.3) is 0 Å². The van der Waals surface area contributed by atoms with E-state index in [2.05, 4.69) is 4.98 Å². The summed E-state index contributed by atoms with van der Waals surface area (Å²) >= 11 is 1.38. The molecular weight excluding hydrogens is 477 g/mol. The number of halogens is 3. The minimum absolute atomic E-state index is 0.0386. The highest BCUT2D eigenvalue weighted by atomic mass is 32.1. The first-order valence-electron chi connectivity index (χ1n) is 11.2. The molecule has 0 bridgehead atoms. The summed E-state index contributed by atoms with van der Waals surface area (Å²) in [5.74, 6) is -1.58. The second kappa shape index (κ2) is 10.6. The van der Waals surface area contributed by atoms with Gasteiger partial charge in [0, 0.05) is 29.6 Å². The molecule has 5 nitrogen and oxygen atoms in total. The predicted octanol–water partition coefficient (Wildman–Crippen LogP) is 6.48. The number of nitrogens with zero attached hydrogens (tertiary/aromatic N) is 2. The van der Waals surface area contributed by atoms with Gasteiger partial charge in [-0.05, 0) is 62.1 Å². The molecule has 35 heavy (non-hydrogen) atoms. The zero-order valence-electron chi connectivity index (χ0n) is 19.9. The van der Waals surface area contributed by atoms with Gasteiger partial charge in [-0.2, -0.15) is 13.2 Å². The summed E-state index contributed by atoms with van der Waals surface area (Å²) in [5, 5.41) is 9.48. The van der Waals surface area contributed by atoms with Crippen molar-refractivity contribution >= 4 is 28.9 Å². The van der Waals surface area contributed by atoms with Crippen LogP contribution in [-0.4, -0.2) is 29.0 Å². The van der Waals surface area contributed by atoms with Gasteiger partial charge in [0.05, 0.1) is 17.2 Å². The molecule has 0 aliphatic heterocycles. The van der Waals surface area contributed by atoms with E-state index in [1.54, 1.807) is 24.9 Å². The van der Waals surface area contributed by atoms with Crippen LogP contribution in [0.5, 0.6) is 0 Å². The molecule has 1 aromatic heterocycles. The molecule has 9 heteroatoms. The number of thiazole rings is 1. The third-order valence-electron chi connectivity index (χ3n) is 5.94. The minimum atomic E-state index is -4.40. The molecule has 1 amide bonds. The van der Waals surface area contributed by atoms with Crippen molar-refractivity contribution in [3.63, 3.8) is 0 Å². The van der Waals surface area contributed by atoms with Gasteiger partial charge in [-0.1, -0.05) is 25.1 Å². The average molecular weight is 505 g/mol. The quantitative estimate of drug-likeness (QED) is 0.381. The van der Waals surface area contributed by atoms with E-state index in [9.17, 15) is 22.8 Å². The number of rotatable bonds is 8. The molecule has 1 atom stereocenters. The number of likely N-dealkylation sites (N-methyl/N-ethyl adjacent to an activating group) is 1. The molecule has 186 valence electrons. The molecule has 0 saturated heterocycles. The van der Waals surface area contributed by atoms with Crippen molar-refractivity contribution in [2.24, 2.45) is 0 Å². The lowest BCUT2D eigenvalue weighted by Gasteiger charge is -2.22. The smallest absolute Gasteiger partial charge is 0.416 e. The standard InChI is InChI=1S/C26H27F3N2O3S/c1-5-21-23(30-24(35-21)18-6-10-19(11-7-18)26(27,28)29)16(3)25(34)31(4)20-12-8-17(15(2)14-20)9-13-22(32)33/h6-8,10-12,14,16H,5,9,13H2,1-4H3,(H,32,33). The Hall–Kier alpha value is -3.20. The summed E-state index contributed by atoms with van der Waals surface area (Å²) in [6, 6.07) is 10.4. The third-order valence-corrected chi connectivity index (χ3v) is 7.21. The number of amides is 1. The number of aliphatic carboxylic acids is 1. The second-order valence-electron chi connectivity index (χ2n) is 8.38. The zero-order chi connectivity index (χ0) is 25.9. The molecule has 0 radical (unpaired) electrons. The maximum absolute atomic E-state index is 13.3. The first kappa shape index (κ1) is 26.4. The highest BCUT2D eigenvalue weighted by Gasteiger charge is 2.30.